The van der Waals surface area contributed by atoms with Crippen molar-refractivity contribution in [1.29, 1.82) is 0 Å². The number of nitrogens with zero attached hydrogens (tertiary/aromatic N) is 1. The molecule has 2 aromatic carbocycles. The van der Waals surface area contributed by atoms with Crippen molar-refractivity contribution in [2.24, 2.45) is 5.92 Å². The normalized spacial score (nSPS) is 19.4. The Morgan fingerprint density at radius 2 is 1.73 bits per heavy atom. The van der Waals surface area contributed by atoms with E-state index in [2.05, 4.69) is 37.3 Å². The molecule has 1 aliphatic carbocycles. The van der Waals surface area contributed by atoms with Crippen LogP contribution >= 0.6 is 0 Å². The molecule has 1 N–H and O–H groups in total. The molecule has 0 atom stereocenters. The first-order valence-corrected chi connectivity index (χ1v) is 9.70. The average Bonchev–Trinajstić information content (AvgIpc) is 3.42. The molecule has 3 heteroatoms. The van der Waals surface area contributed by atoms with Crippen LogP contribution in [0.4, 0.5) is 0 Å². The third kappa shape index (κ3) is 3.54. The number of benzene rings is 2. The predicted molar refractivity (Wildman–Crippen MR) is 103 cm³/mol. The largest absolute Gasteiger partial charge is 0.390 e. The lowest BCUT2D eigenvalue weighted by atomic mass is 9.89. The maximum absolute atomic E-state index is 13.1. The van der Waals surface area contributed by atoms with E-state index in [0.717, 1.165) is 56.3 Å². The second-order valence-corrected chi connectivity index (χ2v) is 7.99. The van der Waals surface area contributed by atoms with Gasteiger partial charge in [0.15, 0.2) is 0 Å². The van der Waals surface area contributed by atoms with E-state index in [1.54, 1.807) is 0 Å². The van der Waals surface area contributed by atoms with Gasteiger partial charge in [-0.25, -0.2) is 0 Å². The zero-order valence-electron chi connectivity index (χ0n) is 15.4. The first-order chi connectivity index (χ1) is 12.5. The van der Waals surface area contributed by atoms with E-state index < -0.39 is 5.60 Å². The molecule has 1 saturated heterocycles. The van der Waals surface area contributed by atoms with Crippen LogP contribution in [-0.2, 0) is 6.42 Å². The van der Waals surface area contributed by atoms with Crippen molar-refractivity contribution in [3.63, 3.8) is 0 Å². The summed E-state index contributed by atoms with van der Waals surface area (Å²) < 4.78 is 0. The third-order valence-electron chi connectivity index (χ3n) is 6.07. The van der Waals surface area contributed by atoms with Gasteiger partial charge in [-0.1, -0.05) is 48.0 Å². The standard InChI is InChI=1S/C23H27NO2/c1-17-6-8-18(9-7-17)16-19-4-2-3-5-21(19)22(25)24-14-10-20(11-15-24)23(26)12-13-23/h2-9,20,26H,10-16H2,1H3. The molecule has 1 aliphatic heterocycles. The number of hydrogen-bond donors (Lipinski definition) is 1. The second-order valence-electron chi connectivity index (χ2n) is 7.99. The number of carbonyl (C=O) groups is 1. The summed E-state index contributed by atoms with van der Waals surface area (Å²) in [5, 5.41) is 10.3. The number of hydrogen-bond acceptors (Lipinski definition) is 2. The topological polar surface area (TPSA) is 40.5 Å². The van der Waals surface area contributed by atoms with Gasteiger partial charge in [-0.3, -0.25) is 4.79 Å². The molecule has 3 nitrogen and oxygen atoms in total. The minimum Gasteiger partial charge on any atom is -0.390 e. The molecule has 1 heterocycles. The minimum atomic E-state index is -0.418. The van der Waals surface area contributed by atoms with Gasteiger partial charge in [-0.05, 0) is 62.1 Å². The Morgan fingerprint density at radius 1 is 1.08 bits per heavy atom. The lowest BCUT2D eigenvalue weighted by Crippen LogP contribution is -2.42. The zero-order valence-corrected chi connectivity index (χ0v) is 15.4. The summed E-state index contributed by atoms with van der Waals surface area (Å²) in [4.78, 5) is 15.1. The van der Waals surface area contributed by atoms with E-state index in [1.807, 2.05) is 23.1 Å². The number of aryl methyl sites for hydroxylation is 1. The molecule has 2 aliphatic rings. The first kappa shape index (κ1) is 17.3. The fraction of sp³-hybridized carbons (Fsp3) is 0.435. The first-order valence-electron chi connectivity index (χ1n) is 9.70. The lowest BCUT2D eigenvalue weighted by Gasteiger charge is -2.34. The Hall–Kier alpha value is -2.13. The highest BCUT2D eigenvalue weighted by atomic mass is 16.3. The summed E-state index contributed by atoms with van der Waals surface area (Å²) in [5.74, 6) is 0.503. The molecule has 0 spiro atoms. The zero-order chi connectivity index (χ0) is 18.1. The molecule has 0 unspecified atom stereocenters. The molecule has 0 radical (unpaired) electrons. The van der Waals surface area contributed by atoms with Crippen molar-refractivity contribution in [2.75, 3.05) is 13.1 Å². The van der Waals surface area contributed by atoms with Crippen LogP contribution in [0.15, 0.2) is 48.5 Å². The van der Waals surface area contributed by atoms with Gasteiger partial charge in [-0.2, -0.15) is 0 Å². The molecule has 136 valence electrons. The summed E-state index contributed by atoms with van der Waals surface area (Å²) in [5.41, 5.74) is 3.96. The van der Waals surface area contributed by atoms with Gasteiger partial charge in [0, 0.05) is 18.7 Å². The van der Waals surface area contributed by atoms with Gasteiger partial charge >= 0.3 is 0 Å². The highest BCUT2D eigenvalue weighted by Gasteiger charge is 2.48. The molecule has 1 amide bonds. The van der Waals surface area contributed by atoms with Crippen molar-refractivity contribution in [1.82, 2.24) is 4.90 Å². The maximum atomic E-state index is 13.1. The highest BCUT2D eigenvalue weighted by Crippen LogP contribution is 2.46. The highest BCUT2D eigenvalue weighted by molar-refractivity contribution is 5.95. The molecule has 0 aromatic heterocycles. The Bertz CT molecular complexity index is 784. The fourth-order valence-corrected chi connectivity index (χ4v) is 4.14. The van der Waals surface area contributed by atoms with Gasteiger partial charge in [-0.15, -0.1) is 0 Å². The lowest BCUT2D eigenvalue weighted by molar-refractivity contribution is 0.0340. The van der Waals surface area contributed by atoms with E-state index >= 15 is 0 Å². The van der Waals surface area contributed by atoms with Gasteiger partial charge in [0.1, 0.15) is 0 Å². The number of aliphatic hydroxyl groups is 1. The van der Waals surface area contributed by atoms with E-state index in [-0.39, 0.29) is 5.91 Å². The van der Waals surface area contributed by atoms with Crippen molar-refractivity contribution in [3.8, 4) is 0 Å². The van der Waals surface area contributed by atoms with Crippen LogP contribution in [0.2, 0.25) is 0 Å². The van der Waals surface area contributed by atoms with Gasteiger partial charge in [0.2, 0.25) is 0 Å². The average molecular weight is 349 g/mol. The van der Waals surface area contributed by atoms with E-state index in [0.29, 0.717) is 5.92 Å². The van der Waals surface area contributed by atoms with Gasteiger partial charge < -0.3 is 10.0 Å². The van der Waals surface area contributed by atoms with Crippen LogP contribution in [0.1, 0.15) is 52.7 Å². The van der Waals surface area contributed by atoms with Gasteiger partial charge in [0.05, 0.1) is 5.60 Å². The van der Waals surface area contributed by atoms with Crippen molar-refractivity contribution in [3.05, 3.63) is 70.8 Å². The Morgan fingerprint density at radius 3 is 2.38 bits per heavy atom. The van der Waals surface area contributed by atoms with Crippen LogP contribution in [0.5, 0.6) is 0 Å². The molecule has 4 rings (SSSR count). The second kappa shape index (κ2) is 6.88. The van der Waals surface area contributed by atoms with Crippen molar-refractivity contribution >= 4 is 5.91 Å². The molecule has 1 saturated carbocycles. The van der Waals surface area contributed by atoms with Crippen LogP contribution in [0.3, 0.4) is 0 Å². The Labute approximate surface area is 155 Å². The predicted octanol–water partition coefficient (Wildman–Crippen LogP) is 3.96. The quantitative estimate of drug-likeness (QED) is 0.907. The van der Waals surface area contributed by atoms with E-state index in [4.69, 9.17) is 0 Å². The summed E-state index contributed by atoms with van der Waals surface area (Å²) in [6.07, 6.45) is 4.49. The minimum absolute atomic E-state index is 0.133. The molecule has 26 heavy (non-hydrogen) atoms. The molecular formula is C23H27NO2. The summed E-state index contributed by atoms with van der Waals surface area (Å²) in [7, 11) is 0. The van der Waals surface area contributed by atoms with Crippen LogP contribution < -0.4 is 0 Å². The number of likely N-dealkylation sites (tertiary alicyclic amines) is 1. The molecule has 2 fully saturated rings. The Kier molecular flexibility index (Phi) is 4.58. The fourth-order valence-electron chi connectivity index (χ4n) is 4.14. The van der Waals surface area contributed by atoms with Crippen molar-refractivity contribution < 1.29 is 9.90 Å². The number of rotatable bonds is 4. The van der Waals surface area contributed by atoms with Gasteiger partial charge in [0.25, 0.3) is 5.91 Å². The number of piperidine rings is 1. The van der Waals surface area contributed by atoms with Crippen LogP contribution in [0.25, 0.3) is 0 Å². The molecule has 2 aromatic rings. The summed E-state index contributed by atoms with van der Waals surface area (Å²) >= 11 is 0. The summed E-state index contributed by atoms with van der Waals surface area (Å²) in [6, 6.07) is 16.5. The van der Waals surface area contributed by atoms with E-state index in [1.165, 1.54) is 11.1 Å². The maximum Gasteiger partial charge on any atom is 0.254 e. The summed E-state index contributed by atoms with van der Waals surface area (Å²) in [6.45, 7) is 3.60. The van der Waals surface area contributed by atoms with Crippen LogP contribution in [0, 0.1) is 12.8 Å². The third-order valence-corrected chi connectivity index (χ3v) is 6.07. The number of amides is 1. The smallest absolute Gasteiger partial charge is 0.254 e. The van der Waals surface area contributed by atoms with E-state index in [9.17, 15) is 9.90 Å². The van der Waals surface area contributed by atoms with Crippen LogP contribution in [-0.4, -0.2) is 34.6 Å². The monoisotopic (exact) mass is 349 g/mol. The van der Waals surface area contributed by atoms with Crippen molar-refractivity contribution in [2.45, 2.75) is 44.6 Å². The molecular weight excluding hydrogens is 322 g/mol. The molecule has 0 bridgehead atoms. The SMILES string of the molecule is Cc1ccc(Cc2ccccc2C(=O)N2CCC(C3(O)CC3)CC2)cc1. The Balaban J connectivity index is 1.47. The number of carbonyl (C=O) groups excluding carboxylic acids is 1.